The molecule has 0 radical (unpaired) electrons. The van der Waals surface area contributed by atoms with Crippen LogP contribution in [0.25, 0.3) is 6.08 Å². The molecule has 1 aromatic carbocycles. The van der Waals surface area contributed by atoms with Gasteiger partial charge in [0, 0.05) is 11.0 Å². The average Bonchev–Trinajstić information content (AvgIpc) is 2.52. The van der Waals surface area contributed by atoms with Gasteiger partial charge in [0.25, 0.3) is 5.96 Å². The molecule has 0 saturated heterocycles. The van der Waals surface area contributed by atoms with Crippen molar-refractivity contribution in [3.8, 4) is 5.75 Å². The highest BCUT2D eigenvalue weighted by Crippen LogP contribution is 2.20. The van der Waals surface area contributed by atoms with Gasteiger partial charge in [-0.3, -0.25) is 0 Å². The van der Waals surface area contributed by atoms with E-state index in [4.69, 9.17) is 10.5 Å². The van der Waals surface area contributed by atoms with Crippen LogP contribution in [0, 0.1) is 0 Å². The first-order valence-electron chi connectivity index (χ1n) is 6.97. The summed E-state index contributed by atoms with van der Waals surface area (Å²) >= 11 is 0. The molecule has 0 unspecified atom stereocenters. The molecule has 1 aromatic rings. The zero-order chi connectivity index (χ0) is 17.2. The molecule has 6 N–H and O–H groups in total. The Kier molecular flexibility index (Phi) is 7.51. The zero-order valence-electron chi connectivity index (χ0n) is 13.0. The van der Waals surface area contributed by atoms with Gasteiger partial charge in [-0.05, 0) is 24.1 Å². The van der Waals surface area contributed by atoms with Gasteiger partial charge < -0.3 is 20.5 Å². The van der Waals surface area contributed by atoms with Crippen LogP contribution in [0.3, 0.4) is 0 Å². The van der Waals surface area contributed by atoms with Gasteiger partial charge in [0.05, 0.1) is 12.8 Å². The van der Waals surface area contributed by atoms with Crippen molar-refractivity contribution in [2.75, 3.05) is 6.61 Å². The molecule has 0 aliphatic rings. The topological polar surface area (TPSA) is 126 Å². The van der Waals surface area contributed by atoms with Crippen LogP contribution >= 0.6 is 0 Å². The van der Waals surface area contributed by atoms with E-state index in [1.54, 1.807) is 18.2 Å². The van der Waals surface area contributed by atoms with Crippen LogP contribution in [0.5, 0.6) is 5.75 Å². The Morgan fingerprint density at radius 2 is 2.26 bits per heavy atom. The summed E-state index contributed by atoms with van der Waals surface area (Å²) in [4.78, 5) is 0. The minimum Gasteiger partial charge on any atom is -0.493 e. The van der Waals surface area contributed by atoms with Crippen molar-refractivity contribution in [2.45, 2.75) is 13.3 Å². The van der Waals surface area contributed by atoms with E-state index < -0.39 is 7.12 Å². The number of nitrogens with one attached hydrogen (secondary N) is 2. The third kappa shape index (κ3) is 5.57. The van der Waals surface area contributed by atoms with Gasteiger partial charge in [-0.15, -0.1) is 15.6 Å². The number of ether oxygens (including phenoxy) is 1. The maximum Gasteiger partial charge on any atom is 0.492 e. The Hall–Kier alpha value is -2.65. The van der Waals surface area contributed by atoms with Crippen molar-refractivity contribution in [3.05, 3.63) is 29.8 Å². The average molecular weight is 318 g/mol. The molecule has 0 amide bonds. The molecule has 0 atom stereocenters. The predicted octanol–water partition coefficient (Wildman–Crippen LogP) is -2.27. The van der Waals surface area contributed by atoms with Crippen LogP contribution in [0.15, 0.2) is 28.9 Å². The van der Waals surface area contributed by atoms with Gasteiger partial charge >= 0.3 is 7.12 Å². The standard InChI is InChI=1S/C14H20BN5O3/c1-4-6-23-13-11(5-2)7-10(8-12(13)15(21)22)9-18-20-14(16)19-17-3/h5,7-9,21-22H,2-4,6H2,1H3,(H3,16,19,20)/p+1. The lowest BCUT2D eigenvalue weighted by Crippen LogP contribution is -2.80. The predicted molar refractivity (Wildman–Crippen MR) is 92.6 cm³/mol. The van der Waals surface area contributed by atoms with Crippen molar-refractivity contribution in [1.82, 2.24) is 5.43 Å². The molecule has 1 rings (SSSR count). The third-order valence-electron chi connectivity index (χ3n) is 2.71. The quantitative estimate of drug-likeness (QED) is 0.160. The van der Waals surface area contributed by atoms with E-state index >= 15 is 0 Å². The molecule has 0 aromatic heterocycles. The number of nitrogens with two attached hydrogens (primary N) is 1. The van der Waals surface area contributed by atoms with Crippen LogP contribution in [-0.4, -0.2) is 42.7 Å². The van der Waals surface area contributed by atoms with Gasteiger partial charge in [-0.2, -0.15) is 5.10 Å². The minimum atomic E-state index is -1.68. The van der Waals surface area contributed by atoms with Gasteiger partial charge in [0.2, 0.25) is 0 Å². The summed E-state index contributed by atoms with van der Waals surface area (Å²) in [5.41, 5.74) is 9.36. The second-order valence-corrected chi connectivity index (χ2v) is 4.49. The summed E-state index contributed by atoms with van der Waals surface area (Å²) in [7, 11) is -1.68. The first-order chi connectivity index (χ1) is 11.0. The van der Waals surface area contributed by atoms with Crippen molar-refractivity contribution in [2.24, 2.45) is 15.9 Å². The first kappa shape index (κ1) is 18.4. The Bertz CT molecular complexity index is 617. The van der Waals surface area contributed by atoms with Crippen molar-refractivity contribution < 1.29 is 19.9 Å². The molecule has 23 heavy (non-hydrogen) atoms. The summed E-state index contributed by atoms with van der Waals surface area (Å²) in [5.74, 6) is 0.422. The van der Waals surface area contributed by atoms with Gasteiger partial charge in [0.1, 0.15) is 5.75 Å². The summed E-state index contributed by atoms with van der Waals surface area (Å²) in [5, 5.41) is 28.9. The summed E-state index contributed by atoms with van der Waals surface area (Å²) in [6, 6.07) is 3.29. The van der Waals surface area contributed by atoms with Crippen molar-refractivity contribution >= 4 is 37.5 Å². The van der Waals surface area contributed by atoms with E-state index in [9.17, 15) is 10.0 Å². The number of rotatable bonds is 8. The molecule has 0 bridgehead atoms. The molecule has 0 aliphatic carbocycles. The molecule has 0 saturated carbocycles. The maximum atomic E-state index is 9.56. The molecule has 0 fully saturated rings. The fourth-order valence-corrected chi connectivity index (χ4v) is 1.76. The Balaban J connectivity index is 3.18. The molecular formula is C14H21BN5O3+. The van der Waals surface area contributed by atoms with Crippen LogP contribution < -0.4 is 26.5 Å². The molecule has 0 aliphatic heterocycles. The second-order valence-electron chi connectivity index (χ2n) is 4.49. The van der Waals surface area contributed by atoms with Gasteiger partial charge in [-0.25, -0.2) is 0 Å². The largest absolute Gasteiger partial charge is 0.493 e. The lowest BCUT2D eigenvalue weighted by molar-refractivity contribution is -0.496. The van der Waals surface area contributed by atoms with E-state index in [1.165, 1.54) is 6.21 Å². The fourth-order valence-electron chi connectivity index (χ4n) is 1.76. The van der Waals surface area contributed by atoms with Crippen LogP contribution in [-0.2, 0) is 0 Å². The summed E-state index contributed by atoms with van der Waals surface area (Å²) in [6.45, 7) is 9.45. The number of guanidine groups is 1. The normalized spacial score (nSPS) is 11.3. The fraction of sp³-hybridized carbons (Fsp3) is 0.214. The minimum absolute atomic E-state index is 0.0329. The summed E-state index contributed by atoms with van der Waals surface area (Å²) < 4.78 is 5.59. The number of hydrogen-bond donors (Lipinski definition) is 5. The van der Waals surface area contributed by atoms with Gasteiger partial charge in [0.15, 0.2) is 6.72 Å². The van der Waals surface area contributed by atoms with E-state index in [0.717, 1.165) is 6.42 Å². The number of hydrazone groups is 1. The van der Waals surface area contributed by atoms with E-state index in [1.807, 2.05) is 6.92 Å². The highest BCUT2D eigenvalue weighted by atomic mass is 16.5. The maximum absolute atomic E-state index is 9.56. The third-order valence-corrected chi connectivity index (χ3v) is 2.71. The Labute approximate surface area is 135 Å². The highest BCUT2D eigenvalue weighted by molar-refractivity contribution is 6.60. The number of hydrazine groups is 1. The van der Waals surface area contributed by atoms with Crippen molar-refractivity contribution in [3.63, 3.8) is 0 Å². The number of benzene rings is 1. The van der Waals surface area contributed by atoms with Gasteiger partial charge in [-0.1, -0.05) is 19.6 Å². The van der Waals surface area contributed by atoms with Crippen LogP contribution in [0.2, 0.25) is 0 Å². The molecule has 122 valence electrons. The highest BCUT2D eigenvalue weighted by Gasteiger charge is 2.20. The molecule has 8 nitrogen and oxygen atoms in total. The number of nitrogens with zero attached hydrogens (tertiary/aromatic N) is 2. The van der Waals surface area contributed by atoms with Crippen LogP contribution in [0.4, 0.5) is 0 Å². The Morgan fingerprint density at radius 3 is 2.83 bits per heavy atom. The summed E-state index contributed by atoms with van der Waals surface area (Å²) in [6.07, 6.45) is 3.78. The molecular weight excluding hydrogens is 297 g/mol. The van der Waals surface area contributed by atoms with E-state index in [2.05, 4.69) is 34.0 Å². The zero-order valence-corrected chi connectivity index (χ0v) is 13.0. The molecule has 9 heteroatoms. The Morgan fingerprint density at radius 1 is 1.52 bits per heavy atom. The van der Waals surface area contributed by atoms with Crippen molar-refractivity contribution in [1.29, 1.82) is 0 Å². The lowest BCUT2D eigenvalue weighted by atomic mass is 9.77. The van der Waals surface area contributed by atoms with E-state index in [0.29, 0.717) is 23.5 Å². The number of hydrogen-bond acceptors (Lipinski definition) is 5. The molecule has 0 spiro atoms. The first-order valence-corrected chi connectivity index (χ1v) is 6.97. The molecule has 0 heterocycles. The lowest BCUT2D eigenvalue weighted by Gasteiger charge is -2.14. The second kappa shape index (κ2) is 9.39. The smallest absolute Gasteiger partial charge is 0.492 e. The van der Waals surface area contributed by atoms with E-state index in [-0.39, 0.29) is 11.4 Å². The monoisotopic (exact) mass is 318 g/mol. The SMILES string of the molecule is C=Cc1cc(C=N/N=C(\N)N[NH+]=C)cc(B(O)O)c1OCCC. The van der Waals surface area contributed by atoms with Crippen LogP contribution in [0.1, 0.15) is 24.5 Å².